The monoisotopic (exact) mass is 360 g/mol. The number of hydrogen-bond acceptors (Lipinski definition) is 5. The standard InChI is InChI=1S/C21H20N4O2/c22-11-18-19(24-25-23-18)21(9-10-21)20(26)27-12-17-15-7-3-1-5-13(15)14-6-2-4-8-16(14)17/h1-8,17H,9-12,22H2,(H,23,24,25). The summed E-state index contributed by atoms with van der Waals surface area (Å²) in [6.45, 7) is 0.578. The quantitative estimate of drug-likeness (QED) is 0.682. The summed E-state index contributed by atoms with van der Waals surface area (Å²) in [5.74, 6) is -0.170. The lowest BCUT2D eigenvalue weighted by molar-refractivity contribution is -0.147. The van der Waals surface area contributed by atoms with Crippen molar-refractivity contribution in [3.8, 4) is 11.1 Å². The summed E-state index contributed by atoms with van der Waals surface area (Å²) in [5, 5.41) is 10.8. The highest BCUT2D eigenvalue weighted by Crippen LogP contribution is 2.50. The van der Waals surface area contributed by atoms with E-state index in [0.717, 1.165) is 12.8 Å². The minimum absolute atomic E-state index is 0.0587. The van der Waals surface area contributed by atoms with Crippen molar-refractivity contribution in [2.75, 3.05) is 6.61 Å². The molecule has 0 atom stereocenters. The van der Waals surface area contributed by atoms with Gasteiger partial charge in [0.2, 0.25) is 0 Å². The van der Waals surface area contributed by atoms with E-state index in [9.17, 15) is 4.79 Å². The number of carbonyl (C=O) groups excluding carboxylic acids is 1. The van der Waals surface area contributed by atoms with Crippen LogP contribution < -0.4 is 5.73 Å². The first-order valence-electron chi connectivity index (χ1n) is 9.20. The van der Waals surface area contributed by atoms with Gasteiger partial charge in [0.25, 0.3) is 0 Å². The summed E-state index contributed by atoms with van der Waals surface area (Å²) in [6.07, 6.45) is 1.45. The number of fused-ring (bicyclic) bond motifs is 3. The molecule has 5 rings (SSSR count). The molecule has 3 N–H and O–H groups in total. The van der Waals surface area contributed by atoms with Gasteiger partial charge in [-0.05, 0) is 35.1 Å². The van der Waals surface area contributed by atoms with Gasteiger partial charge in [-0.25, -0.2) is 0 Å². The number of H-pyrrole nitrogens is 1. The molecule has 0 amide bonds. The fourth-order valence-electron chi connectivity index (χ4n) is 4.18. The largest absolute Gasteiger partial charge is 0.464 e. The topological polar surface area (TPSA) is 93.9 Å². The van der Waals surface area contributed by atoms with Crippen LogP contribution in [-0.2, 0) is 21.5 Å². The molecule has 1 saturated carbocycles. The van der Waals surface area contributed by atoms with Gasteiger partial charge >= 0.3 is 5.97 Å². The van der Waals surface area contributed by atoms with E-state index >= 15 is 0 Å². The summed E-state index contributed by atoms with van der Waals surface area (Å²) in [7, 11) is 0. The summed E-state index contributed by atoms with van der Waals surface area (Å²) < 4.78 is 5.83. The molecule has 0 aliphatic heterocycles. The van der Waals surface area contributed by atoms with E-state index < -0.39 is 5.41 Å². The fourth-order valence-corrected chi connectivity index (χ4v) is 4.18. The van der Waals surface area contributed by atoms with Gasteiger partial charge in [-0.2, -0.15) is 15.4 Å². The molecule has 0 spiro atoms. The second kappa shape index (κ2) is 6.03. The molecule has 6 nitrogen and oxygen atoms in total. The second-order valence-electron chi connectivity index (χ2n) is 7.23. The van der Waals surface area contributed by atoms with Crippen LogP contribution in [0.3, 0.4) is 0 Å². The molecule has 2 aliphatic carbocycles. The first-order valence-corrected chi connectivity index (χ1v) is 9.20. The van der Waals surface area contributed by atoms with Crippen LogP contribution in [0.25, 0.3) is 11.1 Å². The highest BCUT2D eigenvalue weighted by atomic mass is 16.5. The highest BCUT2D eigenvalue weighted by Gasteiger charge is 2.56. The minimum atomic E-state index is -0.681. The number of ether oxygens (including phenoxy) is 1. The summed E-state index contributed by atoms with van der Waals surface area (Å²) in [5.41, 5.74) is 11.2. The van der Waals surface area contributed by atoms with Crippen molar-refractivity contribution in [3.05, 3.63) is 71.0 Å². The predicted octanol–water partition coefficient (Wildman–Crippen LogP) is 2.65. The molecule has 136 valence electrons. The number of benzene rings is 2. The van der Waals surface area contributed by atoms with Crippen LogP contribution in [0.15, 0.2) is 48.5 Å². The van der Waals surface area contributed by atoms with Crippen LogP contribution in [-0.4, -0.2) is 28.0 Å². The predicted molar refractivity (Wildman–Crippen MR) is 99.9 cm³/mol. The smallest absolute Gasteiger partial charge is 0.318 e. The van der Waals surface area contributed by atoms with E-state index in [2.05, 4.69) is 39.7 Å². The van der Waals surface area contributed by atoms with Crippen LogP contribution in [0, 0.1) is 0 Å². The molecule has 1 aromatic heterocycles. The lowest BCUT2D eigenvalue weighted by Crippen LogP contribution is -2.27. The molecule has 1 fully saturated rings. The lowest BCUT2D eigenvalue weighted by Gasteiger charge is -2.17. The summed E-state index contributed by atoms with van der Waals surface area (Å²) >= 11 is 0. The molecule has 6 heteroatoms. The van der Waals surface area contributed by atoms with E-state index in [1.165, 1.54) is 22.3 Å². The first kappa shape index (κ1) is 16.2. The number of nitrogens with two attached hydrogens (primary N) is 1. The maximum atomic E-state index is 12.9. The van der Waals surface area contributed by atoms with Gasteiger partial charge in [0.15, 0.2) is 0 Å². The molecule has 0 saturated heterocycles. The van der Waals surface area contributed by atoms with Crippen LogP contribution in [0.5, 0.6) is 0 Å². The Morgan fingerprint density at radius 2 is 1.70 bits per heavy atom. The Bertz CT molecular complexity index is 977. The van der Waals surface area contributed by atoms with Gasteiger partial charge in [-0.1, -0.05) is 48.5 Å². The van der Waals surface area contributed by atoms with Crippen molar-refractivity contribution >= 4 is 5.97 Å². The van der Waals surface area contributed by atoms with Crippen molar-refractivity contribution in [1.29, 1.82) is 0 Å². The number of rotatable bonds is 5. The summed E-state index contributed by atoms with van der Waals surface area (Å²) in [6, 6.07) is 16.6. The number of hydrogen-bond donors (Lipinski definition) is 2. The van der Waals surface area contributed by atoms with Crippen LogP contribution in [0.4, 0.5) is 0 Å². The van der Waals surface area contributed by atoms with Gasteiger partial charge < -0.3 is 10.5 Å². The highest BCUT2D eigenvalue weighted by molar-refractivity contribution is 5.86. The Hall–Kier alpha value is -2.99. The van der Waals surface area contributed by atoms with Crippen molar-refractivity contribution in [2.45, 2.75) is 30.7 Å². The number of esters is 1. The van der Waals surface area contributed by atoms with Crippen LogP contribution >= 0.6 is 0 Å². The van der Waals surface area contributed by atoms with Crippen LogP contribution in [0.1, 0.15) is 41.3 Å². The molecule has 2 aromatic carbocycles. The Morgan fingerprint density at radius 3 is 2.30 bits per heavy atom. The molecule has 27 heavy (non-hydrogen) atoms. The fraction of sp³-hybridized carbons (Fsp3) is 0.286. The number of aromatic amines is 1. The Labute approximate surface area is 156 Å². The molecule has 1 heterocycles. The Morgan fingerprint density at radius 1 is 1.07 bits per heavy atom. The third kappa shape index (κ3) is 2.40. The van der Waals surface area contributed by atoms with E-state index in [1.807, 2.05) is 24.3 Å². The number of nitrogens with zero attached hydrogens (tertiary/aromatic N) is 2. The van der Waals surface area contributed by atoms with Gasteiger partial charge in [0.1, 0.15) is 23.4 Å². The Kier molecular flexibility index (Phi) is 3.62. The Balaban J connectivity index is 1.40. The average Bonchev–Trinajstić information content (AvgIpc) is 3.26. The van der Waals surface area contributed by atoms with Crippen LogP contribution in [0.2, 0.25) is 0 Å². The molecular weight excluding hydrogens is 340 g/mol. The zero-order chi connectivity index (χ0) is 18.4. The zero-order valence-corrected chi connectivity index (χ0v) is 14.8. The average molecular weight is 360 g/mol. The van der Waals surface area contributed by atoms with Gasteiger partial charge in [-0.3, -0.25) is 4.79 Å². The summed E-state index contributed by atoms with van der Waals surface area (Å²) in [4.78, 5) is 12.9. The SMILES string of the molecule is NCc1n[nH]nc1C1(C(=O)OCC2c3ccccc3-c3ccccc32)CC1. The molecule has 0 bridgehead atoms. The van der Waals surface area contributed by atoms with E-state index in [1.54, 1.807) is 0 Å². The molecule has 3 aromatic rings. The molecule has 0 radical (unpaired) electrons. The van der Waals surface area contributed by atoms with E-state index in [-0.39, 0.29) is 18.4 Å². The third-order valence-corrected chi connectivity index (χ3v) is 5.75. The number of nitrogens with one attached hydrogen (secondary N) is 1. The lowest BCUT2D eigenvalue weighted by atomic mass is 9.97. The van der Waals surface area contributed by atoms with Gasteiger partial charge in [0.05, 0.1) is 0 Å². The van der Waals surface area contributed by atoms with Crippen molar-refractivity contribution in [2.24, 2.45) is 5.73 Å². The number of carbonyl (C=O) groups is 1. The molecule has 2 aliphatic rings. The second-order valence-corrected chi connectivity index (χ2v) is 7.23. The van der Waals surface area contributed by atoms with Crippen molar-refractivity contribution in [3.63, 3.8) is 0 Å². The maximum Gasteiger partial charge on any atom is 0.318 e. The normalized spacial score (nSPS) is 16.6. The maximum absolute atomic E-state index is 12.9. The first-order chi connectivity index (χ1) is 13.2. The molecular formula is C21H20N4O2. The van der Waals surface area contributed by atoms with E-state index in [4.69, 9.17) is 10.5 Å². The number of aromatic nitrogens is 3. The van der Waals surface area contributed by atoms with Crippen molar-refractivity contribution in [1.82, 2.24) is 15.4 Å². The van der Waals surface area contributed by atoms with Crippen molar-refractivity contribution < 1.29 is 9.53 Å². The minimum Gasteiger partial charge on any atom is -0.464 e. The molecule has 0 unspecified atom stereocenters. The van der Waals surface area contributed by atoms with E-state index in [0.29, 0.717) is 18.0 Å². The van der Waals surface area contributed by atoms with Gasteiger partial charge in [0, 0.05) is 12.5 Å². The van der Waals surface area contributed by atoms with Gasteiger partial charge in [-0.15, -0.1) is 0 Å². The zero-order valence-electron chi connectivity index (χ0n) is 14.8. The third-order valence-electron chi connectivity index (χ3n) is 5.75.